The van der Waals surface area contributed by atoms with Crippen LogP contribution in [-0.2, 0) is 4.74 Å². The highest BCUT2D eigenvalue weighted by Gasteiger charge is 2.17. The maximum Gasteiger partial charge on any atom is 0.348 e. The Morgan fingerprint density at radius 3 is 2.71 bits per heavy atom. The molecule has 126 valence electrons. The van der Waals surface area contributed by atoms with Crippen molar-refractivity contribution in [1.82, 2.24) is 4.98 Å². The van der Waals surface area contributed by atoms with Gasteiger partial charge in [0.05, 0.1) is 17.0 Å². The number of thioether (sulfide) groups is 1. The summed E-state index contributed by atoms with van der Waals surface area (Å²) >= 11 is 4.58. The molecule has 0 spiro atoms. The summed E-state index contributed by atoms with van der Waals surface area (Å²) in [7, 11) is 1.39. The number of hydrogen-bond donors (Lipinski definition) is 1. The van der Waals surface area contributed by atoms with E-state index in [0.717, 1.165) is 26.3 Å². The van der Waals surface area contributed by atoms with Crippen LogP contribution in [0.2, 0.25) is 0 Å². The van der Waals surface area contributed by atoms with E-state index < -0.39 is 0 Å². The van der Waals surface area contributed by atoms with Crippen molar-refractivity contribution in [2.24, 2.45) is 0 Å². The number of benzene rings is 1. The number of rotatable bonds is 5. The fraction of sp³-hybridized carbons (Fsp3) is 0.125. The van der Waals surface area contributed by atoms with Crippen LogP contribution in [0.25, 0.3) is 11.3 Å². The number of thiophene rings is 1. The number of carbonyl (C=O) groups excluding carboxylic acids is 1. The molecule has 2 heterocycles. The highest BCUT2D eigenvalue weighted by Crippen LogP contribution is 2.39. The predicted octanol–water partition coefficient (Wildman–Crippen LogP) is 5.70. The molecule has 0 unspecified atom stereocenters. The first-order valence-electron chi connectivity index (χ1n) is 6.75. The Hall–Kier alpha value is -1.35. The number of esters is 1. The van der Waals surface area contributed by atoms with Crippen molar-refractivity contribution in [3.8, 4) is 11.3 Å². The topological polar surface area (TPSA) is 51.2 Å². The average molecular weight is 443 g/mol. The third-order valence-electron chi connectivity index (χ3n) is 3.08. The first-order chi connectivity index (χ1) is 11.2. The summed E-state index contributed by atoms with van der Waals surface area (Å²) in [5.41, 5.74) is 2.84. The normalized spacial score (nSPS) is 10.1. The van der Waals surface area contributed by atoms with Gasteiger partial charge in [0, 0.05) is 16.6 Å². The molecule has 0 radical (unpaired) electrons. The van der Waals surface area contributed by atoms with Crippen LogP contribution in [0.5, 0.6) is 0 Å². The minimum absolute atomic E-state index is 0. The molecule has 1 aromatic carbocycles. The smallest absolute Gasteiger partial charge is 0.348 e. The quantitative estimate of drug-likeness (QED) is 0.405. The SMILES string of the molecule is Br.COC(=O)c1cc(-c2csc(Nc3ccccc3)n2)c(SC)s1. The van der Waals surface area contributed by atoms with Crippen molar-refractivity contribution >= 4 is 68.2 Å². The summed E-state index contributed by atoms with van der Waals surface area (Å²) in [6.45, 7) is 0. The molecule has 0 fully saturated rings. The molecule has 1 N–H and O–H groups in total. The average Bonchev–Trinajstić information content (AvgIpc) is 3.21. The van der Waals surface area contributed by atoms with Crippen molar-refractivity contribution in [1.29, 1.82) is 0 Å². The van der Waals surface area contributed by atoms with Gasteiger partial charge in [0.15, 0.2) is 5.13 Å². The molecular weight excluding hydrogens is 428 g/mol. The van der Waals surface area contributed by atoms with E-state index in [-0.39, 0.29) is 23.0 Å². The van der Waals surface area contributed by atoms with Crippen LogP contribution in [0, 0.1) is 0 Å². The molecule has 0 saturated heterocycles. The number of ether oxygens (including phenoxy) is 1. The van der Waals surface area contributed by atoms with E-state index in [4.69, 9.17) is 4.74 Å². The van der Waals surface area contributed by atoms with Crippen molar-refractivity contribution in [3.05, 3.63) is 46.7 Å². The molecular formula is C16H15BrN2O2S3. The van der Waals surface area contributed by atoms with Crippen LogP contribution >= 0.6 is 51.4 Å². The van der Waals surface area contributed by atoms with Crippen LogP contribution in [0.15, 0.2) is 46.0 Å². The number of methoxy groups -OCH3 is 1. The molecule has 0 aliphatic rings. The van der Waals surface area contributed by atoms with Gasteiger partial charge in [0.1, 0.15) is 4.88 Å². The van der Waals surface area contributed by atoms with Gasteiger partial charge in [-0.2, -0.15) is 0 Å². The van der Waals surface area contributed by atoms with E-state index in [1.807, 2.05) is 48.0 Å². The number of halogens is 1. The highest BCUT2D eigenvalue weighted by atomic mass is 79.9. The number of para-hydroxylation sites is 1. The number of hydrogen-bond acceptors (Lipinski definition) is 7. The lowest BCUT2D eigenvalue weighted by atomic mass is 10.2. The number of anilines is 2. The van der Waals surface area contributed by atoms with Gasteiger partial charge in [-0.3, -0.25) is 0 Å². The van der Waals surface area contributed by atoms with Crippen LogP contribution in [0.1, 0.15) is 9.67 Å². The second-order valence-corrected chi connectivity index (χ2v) is 7.52. The number of carbonyl (C=O) groups is 1. The molecule has 2 aromatic heterocycles. The Bertz CT molecular complexity index is 818. The monoisotopic (exact) mass is 442 g/mol. The molecule has 0 saturated carbocycles. The van der Waals surface area contributed by atoms with Crippen LogP contribution in [-0.4, -0.2) is 24.3 Å². The standard InChI is InChI=1S/C16H14N2O2S3.BrH/c1-20-14(19)13-8-11(15(21-2)23-13)12-9-22-16(18-12)17-10-6-4-3-5-7-10;/h3-9H,1-2H3,(H,17,18);1H. The second-order valence-electron chi connectivity index (χ2n) is 4.54. The lowest BCUT2D eigenvalue weighted by Gasteiger charge is -2.01. The van der Waals surface area contributed by atoms with Crippen molar-refractivity contribution in [2.45, 2.75) is 4.21 Å². The van der Waals surface area contributed by atoms with Crippen molar-refractivity contribution < 1.29 is 9.53 Å². The summed E-state index contributed by atoms with van der Waals surface area (Å²) in [5.74, 6) is -0.311. The number of thiazole rings is 1. The van der Waals surface area contributed by atoms with Gasteiger partial charge >= 0.3 is 5.97 Å². The molecule has 3 rings (SSSR count). The summed E-state index contributed by atoms with van der Waals surface area (Å²) < 4.78 is 5.86. The Morgan fingerprint density at radius 1 is 1.29 bits per heavy atom. The minimum atomic E-state index is -0.311. The lowest BCUT2D eigenvalue weighted by molar-refractivity contribution is 0.0606. The Labute approximate surface area is 163 Å². The van der Waals surface area contributed by atoms with E-state index in [0.29, 0.717) is 4.88 Å². The molecule has 0 bridgehead atoms. The predicted molar refractivity (Wildman–Crippen MR) is 109 cm³/mol. The van der Waals surface area contributed by atoms with Crippen molar-refractivity contribution in [2.75, 3.05) is 18.7 Å². The summed E-state index contributed by atoms with van der Waals surface area (Å²) in [6, 6.07) is 11.8. The molecule has 4 nitrogen and oxygen atoms in total. The van der Waals surface area contributed by atoms with E-state index in [1.54, 1.807) is 11.8 Å². The lowest BCUT2D eigenvalue weighted by Crippen LogP contribution is -1.96. The molecule has 8 heteroatoms. The number of nitrogens with one attached hydrogen (secondary N) is 1. The van der Waals surface area contributed by atoms with E-state index in [2.05, 4.69) is 10.3 Å². The number of aromatic nitrogens is 1. The molecule has 0 aliphatic carbocycles. The zero-order valence-electron chi connectivity index (χ0n) is 12.9. The zero-order chi connectivity index (χ0) is 16.2. The second kappa shape index (κ2) is 8.66. The fourth-order valence-electron chi connectivity index (χ4n) is 2.01. The zero-order valence-corrected chi connectivity index (χ0v) is 17.1. The van der Waals surface area contributed by atoms with Gasteiger partial charge in [-0.1, -0.05) is 18.2 Å². The van der Waals surface area contributed by atoms with Crippen molar-refractivity contribution in [3.63, 3.8) is 0 Å². The summed E-state index contributed by atoms with van der Waals surface area (Å²) in [4.78, 5) is 16.9. The Balaban J connectivity index is 0.00000208. The van der Waals surface area contributed by atoms with Gasteiger partial charge in [-0.15, -0.1) is 51.4 Å². The van der Waals surface area contributed by atoms with Crippen LogP contribution in [0.4, 0.5) is 10.8 Å². The molecule has 24 heavy (non-hydrogen) atoms. The van der Waals surface area contributed by atoms with Gasteiger partial charge in [-0.05, 0) is 24.5 Å². The first-order valence-corrected chi connectivity index (χ1v) is 9.67. The highest BCUT2D eigenvalue weighted by molar-refractivity contribution is 8.93. The van der Waals surface area contributed by atoms with Gasteiger partial charge < -0.3 is 10.1 Å². The van der Waals surface area contributed by atoms with E-state index in [1.165, 1.54) is 29.8 Å². The third-order valence-corrected chi connectivity index (χ3v) is 6.08. The van der Waals surface area contributed by atoms with Gasteiger partial charge in [0.2, 0.25) is 0 Å². The molecule has 0 aliphatic heterocycles. The van der Waals surface area contributed by atoms with Crippen LogP contribution in [0.3, 0.4) is 0 Å². The van der Waals surface area contributed by atoms with E-state index >= 15 is 0 Å². The Kier molecular flexibility index (Phi) is 6.85. The van der Waals surface area contributed by atoms with Gasteiger partial charge in [0.25, 0.3) is 0 Å². The summed E-state index contributed by atoms with van der Waals surface area (Å²) in [5, 5.41) is 6.10. The van der Waals surface area contributed by atoms with E-state index in [9.17, 15) is 4.79 Å². The Morgan fingerprint density at radius 2 is 2.04 bits per heavy atom. The first kappa shape index (κ1) is 19.0. The summed E-state index contributed by atoms with van der Waals surface area (Å²) in [6.07, 6.45) is 1.99. The maximum atomic E-state index is 11.7. The fourth-order valence-corrected chi connectivity index (χ4v) is 4.54. The minimum Gasteiger partial charge on any atom is -0.465 e. The molecule has 3 aromatic rings. The van der Waals surface area contributed by atoms with Crippen LogP contribution < -0.4 is 5.32 Å². The van der Waals surface area contributed by atoms with Gasteiger partial charge in [-0.25, -0.2) is 9.78 Å². The molecule has 0 amide bonds. The molecule has 0 atom stereocenters. The maximum absolute atomic E-state index is 11.7. The largest absolute Gasteiger partial charge is 0.465 e. The number of nitrogens with zero attached hydrogens (tertiary/aromatic N) is 1. The third kappa shape index (κ3) is 4.18.